The number of ether oxygens (including phenoxy) is 1. The monoisotopic (exact) mass is 257 g/mol. The van der Waals surface area contributed by atoms with Crippen LogP contribution in [0.15, 0.2) is 36.5 Å². The van der Waals surface area contributed by atoms with Crippen LogP contribution in [0.1, 0.15) is 17.2 Å². The summed E-state index contributed by atoms with van der Waals surface area (Å²) in [6, 6.07) is 9.51. The van der Waals surface area contributed by atoms with Crippen LogP contribution < -0.4 is 10.1 Å². The molecule has 0 amide bonds. The van der Waals surface area contributed by atoms with Crippen LogP contribution in [-0.4, -0.2) is 28.3 Å². The maximum absolute atomic E-state index is 10.1. The normalized spacial score (nSPS) is 20.9. The minimum atomic E-state index is -0.466. The van der Waals surface area contributed by atoms with E-state index < -0.39 is 6.10 Å². The Kier molecular flexibility index (Phi) is 3.05. The van der Waals surface area contributed by atoms with E-state index in [4.69, 9.17) is 4.74 Å². The van der Waals surface area contributed by atoms with Crippen molar-refractivity contribution < 1.29 is 9.84 Å². The van der Waals surface area contributed by atoms with Crippen LogP contribution >= 0.6 is 0 Å². The predicted octanol–water partition coefficient (Wildman–Crippen LogP) is 1.56. The summed E-state index contributed by atoms with van der Waals surface area (Å²) in [6.45, 7) is 0. The third-order valence-electron chi connectivity index (χ3n) is 3.33. The van der Waals surface area contributed by atoms with Crippen LogP contribution in [0, 0.1) is 0 Å². The fourth-order valence-corrected chi connectivity index (χ4v) is 2.41. The van der Waals surface area contributed by atoms with E-state index in [1.165, 1.54) is 0 Å². The molecule has 2 atom stereocenters. The molecule has 0 fully saturated rings. The van der Waals surface area contributed by atoms with Crippen molar-refractivity contribution in [3.8, 4) is 5.88 Å². The van der Waals surface area contributed by atoms with Crippen molar-refractivity contribution >= 4 is 5.95 Å². The number of fused-ring (bicyclic) bond motifs is 1. The van der Waals surface area contributed by atoms with Crippen LogP contribution in [0.25, 0.3) is 0 Å². The summed E-state index contributed by atoms with van der Waals surface area (Å²) in [5.41, 5.74) is 2.26. The van der Waals surface area contributed by atoms with Crippen LogP contribution in [0.3, 0.4) is 0 Å². The van der Waals surface area contributed by atoms with Crippen molar-refractivity contribution in [1.29, 1.82) is 0 Å². The van der Waals surface area contributed by atoms with E-state index in [1.807, 2.05) is 24.3 Å². The average molecular weight is 257 g/mol. The van der Waals surface area contributed by atoms with Gasteiger partial charge in [0.2, 0.25) is 11.8 Å². The fraction of sp³-hybridized carbons (Fsp3) is 0.286. The molecule has 5 heteroatoms. The first-order chi connectivity index (χ1) is 9.28. The van der Waals surface area contributed by atoms with E-state index >= 15 is 0 Å². The van der Waals surface area contributed by atoms with Gasteiger partial charge in [0.1, 0.15) is 0 Å². The van der Waals surface area contributed by atoms with Crippen LogP contribution in [0.5, 0.6) is 5.88 Å². The van der Waals surface area contributed by atoms with E-state index in [9.17, 15) is 5.11 Å². The van der Waals surface area contributed by atoms with Crippen molar-refractivity contribution in [2.45, 2.75) is 18.6 Å². The van der Waals surface area contributed by atoms with Gasteiger partial charge in [0.25, 0.3) is 0 Å². The van der Waals surface area contributed by atoms with Gasteiger partial charge in [-0.15, -0.1) is 0 Å². The zero-order valence-electron chi connectivity index (χ0n) is 10.6. The Bertz CT molecular complexity index is 588. The summed E-state index contributed by atoms with van der Waals surface area (Å²) < 4.78 is 5.06. The van der Waals surface area contributed by atoms with Crippen molar-refractivity contribution in [2.24, 2.45) is 0 Å². The van der Waals surface area contributed by atoms with E-state index in [1.54, 1.807) is 19.4 Å². The molecule has 0 unspecified atom stereocenters. The number of nitrogens with zero attached hydrogens (tertiary/aromatic N) is 2. The molecule has 2 aromatic rings. The number of aliphatic hydroxyl groups is 1. The summed E-state index contributed by atoms with van der Waals surface area (Å²) >= 11 is 0. The lowest BCUT2D eigenvalue weighted by Crippen LogP contribution is -2.22. The minimum absolute atomic E-state index is 0.177. The van der Waals surface area contributed by atoms with Gasteiger partial charge in [-0.25, -0.2) is 4.98 Å². The Hall–Kier alpha value is -2.14. The van der Waals surface area contributed by atoms with Gasteiger partial charge in [-0.2, -0.15) is 4.98 Å². The third kappa shape index (κ3) is 2.24. The van der Waals surface area contributed by atoms with Gasteiger partial charge >= 0.3 is 0 Å². The van der Waals surface area contributed by atoms with E-state index in [2.05, 4.69) is 15.3 Å². The quantitative estimate of drug-likeness (QED) is 0.873. The molecule has 1 aromatic carbocycles. The van der Waals surface area contributed by atoms with E-state index in [0.29, 0.717) is 18.2 Å². The highest BCUT2D eigenvalue weighted by atomic mass is 16.5. The highest BCUT2D eigenvalue weighted by molar-refractivity contribution is 5.42. The molecule has 1 aromatic heterocycles. The molecule has 1 heterocycles. The molecule has 0 radical (unpaired) electrons. The van der Waals surface area contributed by atoms with Gasteiger partial charge < -0.3 is 15.2 Å². The Morgan fingerprint density at radius 2 is 2.16 bits per heavy atom. The molecule has 0 spiro atoms. The van der Waals surface area contributed by atoms with Crippen LogP contribution in [0.2, 0.25) is 0 Å². The van der Waals surface area contributed by atoms with Gasteiger partial charge in [-0.05, 0) is 11.1 Å². The molecule has 5 nitrogen and oxygen atoms in total. The smallest absolute Gasteiger partial charge is 0.226 e. The van der Waals surface area contributed by atoms with Crippen molar-refractivity contribution in [1.82, 2.24) is 9.97 Å². The molecule has 0 aliphatic heterocycles. The molecule has 3 rings (SSSR count). The summed E-state index contributed by atoms with van der Waals surface area (Å²) in [7, 11) is 1.56. The molecule has 0 saturated heterocycles. The number of benzene rings is 1. The number of hydrogen-bond acceptors (Lipinski definition) is 5. The Morgan fingerprint density at radius 3 is 3.00 bits per heavy atom. The first-order valence-corrected chi connectivity index (χ1v) is 6.17. The highest BCUT2D eigenvalue weighted by Crippen LogP contribution is 2.33. The van der Waals surface area contributed by atoms with Gasteiger partial charge in [0, 0.05) is 18.7 Å². The standard InChI is InChI=1S/C14H15N3O2/c1-19-12-6-7-15-14(16-12)17-13-10-5-3-2-4-9(10)8-11(13)18/h2-7,11,13,18H,8H2,1H3,(H,15,16,17)/t11-,13+/m0/s1. The lowest BCUT2D eigenvalue weighted by Gasteiger charge is -2.17. The van der Waals surface area contributed by atoms with Crippen LogP contribution in [0.4, 0.5) is 5.95 Å². The number of hydrogen-bond donors (Lipinski definition) is 2. The Morgan fingerprint density at radius 1 is 1.32 bits per heavy atom. The van der Waals surface area contributed by atoms with Crippen molar-refractivity contribution in [3.05, 3.63) is 47.7 Å². The minimum Gasteiger partial charge on any atom is -0.481 e. The third-order valence-corrected chi connectivity index (χ3v) is 3.33. The number of anilines is 1. The van der Waals surface area contributed by atoms with Crippen molar-refractivity contribution in [3.63, 3.8) is 0 Å². The number of nitrogens with one attached hydrogen (secondary N) is 1. The van der Waals surface area contributed by atoms with Gasteiger partial charge in [0.15, 0.2) is 0 Å². The lowest BCUT2D eigenvalue weighted by atomic mass is 10.1. The largest absolute Gasteiger partial charge is 0.481 e. The first-order valence-electron chi connectivity index (χ1n) is 6.17. The van der Waals surface area contributed by atoms with Crippen molar-refractivity contribution in [2.75, 3.05) is 12.4 Å². The fourth-order valence-electron chi connectivity index (χ4n) is 2.41. The van der Waals surface area contributed by atoms with Gasteiger partial charge in [-0.1, -0.05) is 24.3 Å². The second kappa shape index (κ2) is 4.85. The van der Waals surface area contributed by atoms with E-state index in [-0.39, 0.29) is 6.04 Å². The molecule has 2 N–H and O–H groups in total. The molecule has 0 saturated carbocycles. The van der Waals surface area contributed by atoms with E-state index in [0.717, 1.165) is 11.1 Å². The molecule has 98 valence electrons. The summed E-state index contributed by atoms with van der Waals surface area (Å²) in [5, 5.41) is 13.3. The first kappa shape index (κ1) is 11.9. The maximum atomic E-state index is 10.1. The summed E-state index contributed by atoms with van der Waals surface area (Å²) in [6.07, 6.45) is 1.81. The number of aromatic nitrogens is 2. The molecule has 1 aliphatic rings. The average Bonchev–Trinajstić information content (AvgIpc) is 2.76. The second-order valence-electron chi connectivity index (χ2n) is 4.51. The summed E-state index contributed by atoms with van der Waals surface area (Å²) in [5.74, 6) is 0.957. The molecular weight excluding hydrogens is 242 g/mol. The summed E-state index contributed by atoms with van der Waals surface area (Å²) in [4.78, 5) is 8.35. The Labute approximate surface area is 111 Å². The predicted molar refractivity (Wildman–Crippen MR) is 71.1 cm³/mol. The zero-order chi connectivity index (χ0) is 13.2. The molecule has 1 aliphatic carbocycles. The van der Waals surface area contributed by atoms with Gasteiger partial charge in [0.05, 0.1) is 19.3 Å². The highest BCUT2D eigenvalue weighted by Gasteiger charge is 2.31. The Balaban J connectivity index is 1.87. The second-order valence-corrected chi connectivity index (χ2v) is 4.51. The lowest BCUT2D eigenvalue weighted by molar-refractivity contribution is 0.165. The van der Waals surface area contributed by atoms with Gasteiger partial charge in [-0.3, -0.25) is 0 Å². The molecular formula is C14H15N3O2. The number of aliphatic hydroxyl groups excluding tert-OH is 1. The topological polar surface area (TPSA) is 67.3 Å². The SMILES string of the molecule is COc1ccnc(N[C@@H]2c3ccccc3C[C@@H]2O)n1. The van der Waals surface area contributed by atoms with Crippen LogP contribution in [-0.2, 0) is 6.42 Å². The number of rotatable bonds is 3. The number of methoxy groups -OCH3 is 1. The molecule has 19 heavy (non-hydrogen) atoms. The zero-order valence-corrected chi connectivity index (χ0v) is 10.6. The molecule has 0 bridgehead atoms. The maximum Gasteiger partial charge on any atom is 0.226 e.